The number of carbonyl (C=O) groups excluding carboxylic acids is 1. The molecule has 2 fully saturated rings. The van der Waals surface area contributed by atoms with E-state index in [4.69, 9.17) is 5.41 Å². The summed E-state index contributed by atoms with van der Waals surface area (Å²) in [5, 5.41) is 20.0. The summed E-state index contributed by atoms with van der Waals surface area (Å²) in [5.74, 6) is -0.161. The molecule has 3 N–H and O–H groups in total. The quantitative estimate of drug-likeness (QED) is 0.187. The van der Waals surface area contributed by atoms with Gasteiger partial charge in [-0.1, -0.05) is 68.5 Å². The zero-order chi connectivity index (χ0) is 27.9. The highest BCUT2D eigenvalue weighted by Gasteiger charge is 2.32. The summed E-state index contributed by atoms with van der Waals surface area (Å²) in [4.78, 5) is 26.9. The van der Waals surface area contributed by atoms with Gasteiger partial charge in [0.15, 0.2) is 5.71 Å². The van der Waals surface area contributed by atoms with Crippen LogP contribution in [0.15, 0.2) is 66.3 Å². The van der Waals surface area contributed by atoms with Gasteiger partial charge in [-0.3, -0.25) is 10.2 Å². The highest BCUT2D eigenvalue weighted by atomic mass is 16.4. The lowest BCUT2D eigenvalue weighted by Crippen LogP contribution is -2.42. The number of aliphatic carboxylic acids is 1. The van der Waals surface area contributed by atoms with Gasteiger partial charge in [0.25, 0.3) is 5.91 Å². The minimum Gasteiger partial charge on any atom is -0.477 e. The minimum atomic E-state index is -1.44. The van der Waals surface area contributed by atoms with Crippen LogP contribution in [0.25, 0.3) is 6.08 Å². The number of benzene rings is 2. The van der Waals surface area contributed by atoms with Crippen LogP contribution in [0, 0.1) is 17.2 Å². The fourth-order valence-corrected chi connectivity index (χ4v) is 6.98. The number of nitrogens with zero attached hydrogens (tertiary/aromatic N) is 1. The molecule has 6 nitrogen and oxygen atoms in total. The predicted molar refractivity (Wildman–Crippen MR) is 162 cm³/mol. The summed E-state index contributed by atoms with van der Waals surface area (Å²) in [6.45, 7) is 1.13. The first-order chi connectivity index (χ1) is 19.5. The molecule has 2 aromatic rings. The lowest BCUT2D eigenvalue weighted by molar-refractivity contribution is -0.129. The van der Waals surface area contributed by atoms with Crippen LogP contribution in [0.3, 0.4) is 0 Å². The average molecular weight is 540 g/mol. The number of carbonyl (C=O) groups is 2. The number of hydrogen-bond acceptors (Lipinski definition) is 4. The number of allylic oxidation sites excluding steroid dienone is 2. The molecule has 3 aliphatic rings. The Morgan fingerprint density at radius 1 is 0.900 bits per heavy atom. The lowest BCUT2D eigenvalue weighted by Gasteiger charge is -2.43. The highest BCUT2D eigenvalue weighted by molar-refractivity contribution is 6.48. The Morgan fingerprint density at radius 3 is 2.35 bits per heavy atom. The Bertz CT molecular complexity index is 1270. The first-order valence-electron chi connectivity index (χ1n) is 15.0. The number of carboxylic acids is 1. The van der Waals surface area contributed by atoms with Gasteiger partial charge in [-0.05, 0) is 91.8 Å². The van der Waals surface area contributed by atoms with Gasteiger partial charge in [-0.2, -0.15) is 0 Å². The first-order valence-corrected chi connectivity index (χ1v) is 15.0. The third kappa shape index (κ3) is 6.72. The molecule has 0 saturated heterocycles. The summed E-state index contributed by atoms with van der Waals surface area (Å²) in [7, 11) is 0. The smallest absolute Gasteiger partial charge is 0.354 e. The molecular weight excluding hydrogens is 498 g/mol. The second-order valence-electron chi connectivity index (χ2n) is 11.6. The van der Waals surface area contributed by atoms with Gasteiger partial charge in [0.1, 0.15) is 0 Å². The topological polar surface area (TPSA) is 93.5 Å². The van der Waals surface area contributed by atoms with Crippen molar-refractivity contribution in [3.63, 3.8) is 0 Å². The van der Waals surface area contributed by atoms with Crippen molar-refractivity contribution >= 4 is 35.0 Å². The standard InChI is InChI=1S/C34H41N3O3/c35-32(34(39)40)30(33(38)36-28-13-5-2-6-14-28)15-7-9-24-16-21-31-27(23-24)12-8-22-37(31)29-19-17-26(18-20-29)25-10-3-1-4-11-25/h2,5-7,9,13-16,21,23,25-26,29,35H,1,3-4,8,10-12,17-20,22H2,(H,36,38)(H,39,40)/b9-7+,30-15-,35-32?. The third-order valence-corrected chi connectivity index (χ3v) is 9.07. The Balaban J connectivity index is 1.26. The molecule has 0 aromatic heterocycles. The largest absolute Gasteiger partial charge is 0.477 e. The summed E-state index contributed by atoms with van der Waals surface area (Å²) >= 11 is 0. The van der Waals surface area contributed by atoms with Crippen LogP contribution in [-0.2, 0) is 16.0 Å². The van der Waals surface area contributed by atoms with E-state index in [1.165, 1.54) is 75.1 Å². The number of amides is 1. The fraction of sp³-hybridized carbons (Fsp3) is 0.441. The van der Waals surface area contributed by atoms with Crippen LogP contribution in [0.1, 0.15) is 75.3 Å². The maximum absolute atomic E-state index is 12.8. The van der Waals surface area contributed by atoms with E-state index in [0.29, 0.717) is 11.7 Å². The number of para-hydroxylation sites is 1. The molecule has 0 unspecified atom stereocenters. The molecular formula is C34H41N3O3. The number of aryl methyl sites for hydroxylation is 1. The van der Waals surface area contributed by atoms with E-state index < -0.39 is 17.6 Å². The second kappa shape index (κ2) is 13.1. The first kappa shape index (κ1) is 27.9. The predicted octanol–water partition coefficient (Wildman–Crippen LogP) is 7.26. The van der Waals surface area contributed by atoms with Crippen molar-refractivity contribution in [2.75, 3.05) is 16.8 Å². The van der Waals surface area contributed by atoms with Crippen LogP contribution < -0.4 is 10.2 Å². The number of anilines is 2. The van der Waals surface area contributed by atoms with Crippen molar-refractivity contribution in [1.82, 2.24) is 0 Å². The molecule has 0 bridgehead atoms. The summed E-state index contributed by atoms with van der Waals surface area (Å²) in [6, 6.07) is 16.0. The lowest BCUT2D eigenvalue weighted by atomic mass is 9.72. The molecule has 2 saturated carbocycles. The van der Waals surface area contributed by atoms with Crippen LogP contribution in [0.4, 0.5) is 11.4 Å². The maximum atomic E-state index is 12.8. The SMILES string of the molecule is N=C(C(=O)O)/C(=C/C=C/c1ccc2c(c1)CCCN2C1CCC(C2CCCCC2)CC1)C(=O)Nc1ccccc1. The van der Waals surface area contributed by atoms with Crippen LogP contribution >= 0.6 is 0 Å². The number of carboxylic acid groups (broad SMARTS) is 1. The molecule has 2 aliphatic carbocycles. The van der Waals surface area contributed by atoms with E-state index in [1.54, 1.807) is 30.3 Å². The Morgan fingerprint density at radius 2 is 1.62 bits per heavy atom. The molecule has 210 valence electrons. The number of fused-ring (bicyclic) bond motifs is 1. The molecule has 1 aliphatic heterocycles. The van der Waals surface area contributed by atoms with Gasteiger partial charge in [0, 0.05) is 24.0 Å². The molecule has 40 heavy (non-hydrogen) atoms. The molecule has 1 heterocycles. The zero-order valence-electron chi connectivity index (χ0n) is 23.3. The van der Waals surface area contributed by atoms with Gasteiger partial charge >= 0.3 is 5.97 Å². The Hall–Kier alpha value is -3.67. The zero-order valence-corrected chi connectivity index (χ0v) is 23.3. The van der Waals surface area contributed by atoms with Gasteiger partial charge in [0.05, 0.1) is 5.57 Å². The van der Waals surface area contributed by atoms with E-state index in [1.807, 2.05) is 12.1 Å². The van der Waals surface area contributed by atoms with Crippen LogP contribution in [0.5, 0.6) is 0 Å². The van der Waals surface area contributed by atoms with E-state index in [9.17, 15) is 14.7 Å². The van der Waals surface area contributed by atoms with Crippen molar-refractivity contribution in [3.05, 3.63) is 77.4 Å². The van der Waals surface area contributed by atoms with E-state index in [0.717, 1.165) is 36.8 Å². The molecule has 1 amide bonds. The van der Waals surface area contributed by atoms with Crippen LogP contribution in [0.2, 0.25) is 0 Å². The second-order valence-corrected chi connectivity index (χ2v) is 11.6. The van der Waals surface area contributed by atoms with Gasteiger partial charge in [-0.25, -0.2) is 4.79 Å². The summed E-state index contributed by atoms with van der Waals surface area (Å²) in [5.41, 5.74) is 3.32. The van der Waals surface area contributed by atoms with E-state index in [2.05, 4.69) is 28.4 Å². The van der Waals surface area contributed by atoms with Gasteiger partial charge in [0.2, 0.25) is 0 Å². The van der Waals surface area contributed by atoms with E-state index >= 15 is 0 Å². The van der Waals surface area contributed by atoms with Gasteiger partial charge < -0.3 is 15.3 Å². The molecule has 0 atom stereocenters. The number of hydrogen-bond donors (Lipinski definition) is 3. The van der Waals surface area contributed by atoms with Crippen LogP contribution in [-0.4, -0.2) is 35.3 Å². The monoisotopic (exact) mass is 539 g/mol. The van der Waals surface area contributed by atoms with E-state index in [-0.39, 0.29) is 5.57 Å². The Labute approximate surface area is 237 Å². The highest BCUT2D eigenvalue weighted by Crippen LogP contribution is 2.41. The molecule has 0 radical (unpaired) electrons. The van der Waals surface area contributed by atoms with Crippen molar-refractivity contribution < 1.29 is 14.7 Å². The minimum absolute atomic E-state index is 0.194. The maximum Gasteiger partial charge on any atom is 0.354 e. The molecule has 0 spiro atoms. The van der Waals surface area contributed by atoms with Crippen molar-refractivity contribution in [1.29, 1.82) is 5.41 Å². The summed E-state index contributed by atoms with van der Waals surface area (Å²) in [6.07, 6.45) is 19.7. The average Bonchev–Trinajstić information content (AvgIpc) is 2.99. The summed E-state index contributed by atoms with van der Waals surface area (Å²) < 4.78 is 0. The molecule has 5 rings (SSSR count). The Kier molecular flexibility index (Phi) is 9.15. The van der Waals surface area contributed by atoms with Crippen molar-refractivity contribution in [3.8, 4) is 0 Å². The third-order valence-electron chi connectivity index (χ3n) is 9.07. The number of nitrogens with one attached hydrogen (secondary N) is 2. The van der Waals surface area contributed by atoms with Crippen molar-refractivity contribution in [2.45, 2.75) is 76.7 Å². The van der Waals surface area contributed by atoms with Gasteiger partial charge in [-0.15, -0.1) is 0 Å². The van der Waals surface area contributed by atoms with Crippen molar-refractivity contribution in [2.24, 2.45) is 11.8 Å². The molecule has 6 heteroatoms. The normalized spacial score (nSPS) is 22.1. The fourth-order valence-electron chi connectivity index (χ4n) is 6.98. The number of rotatable bonds is 8. The molecule has 2 aromatic carbocycles.